The van der Waals surface area contributed by atoms with Gasteiger partial charge in [0.1, 0.15) is 0 Å². The average Bonchev–Trinajstić information content (AvgIpc) is 2.62. The predicted molar refractivity (Wildman–Crippen MR) is 93.3 cm³/mol. The van der Waals surface area contributed by atoms with Gasteiger partial charge in [-0.1, -0.05) is 12.1 Å². The first-order valence-electron chi connectivity index (χ1n) is 8.21. The summed E-state index contributed by atoms with van der Waals surface area (Å²) in [5.41, 5.74) is -0.139. The number of hydrogen-bond acceptors (Lipinski definition) is 4. The molecule has 0 saturated carbocycles. The molecule has 1 aliphatic heterocycles. The fourth-order valence-electron chi connectivity index (χ4n) is 2.82. The summed E-state index contributed by atoms with van der Waals surface area (Å²) in [5, 5.41) is 2.34. The molecule has 2 aromatic rings. The second kappa shape index (κ2) is 7.33. The third-order valence-corrected chi connectivity index (χ3v) is 4.34. The van der Waals surface area contributed by atoms with Crippen LogP contribution in [0.2, 0.25) is 0 Å². The summed E-state index contributed by atoms with van der Waals surface area (Å²) in [7, 11) is 2.04. The Labute approximate surface area is 149 Å². The van der Waals surface area contributed by atoms with E-state index >= 15 is 0 Å². The molecule has 138 valence electrons. The maximum Gasteiger partial charge on any atom is 0.418 e. The van der Waals surface area contributed by atoms with Crippen molar-refractivity contribution < 1.29 is 18.0 Å². The summed E-state index contributed by atoms with van der Waals surface area (Å²) in [5.74, 6) is -0.620. The molecule has 0 atom stereocenters. The minimum atomic E-state index is -4.54. The van der Waals surface area contributed by atoms with Crippen molar-refractivity contribution in [2.24, 2.45) is 0 Å². The largest absolute Gasteiger partial charge is 0.418 e. The standard InChI is InChI=1S/C18H19F3N4O/c1-24-6-8-25(9-7-24)14-10-13(11-22-12-14)17(26)23-16-5-3-2-4-15(16)18(19,20)21/h2-5,10-12H,6-9H2,1H3,(H,23,26). The van der Waals surface area contributed by atoms with E-state index in [2.05, 4.69) is 20.1 Å². The zero-order chi connectivity index (χ0) is 18.7. The molecule has 1 aliphatic rings. The Hall–Kier alpha value is -2.61. The Morgan fingerprint density at radius 3 is 2.50 bits per heavy atom. The first-order chi connectivity index (χ1) is 12.3. The fraction of sp³-hybridized carbons (Fsp3) is 0.333. The van der Waals surface area contributed by atoms with Crippen LogP contribution in [0, 0.1) is 0 Å². The Balaban J connectivity index is 1.78. The van der Waals surface area contributed by atoms with Crippen molar-refractivity contribution in [1.29, 1.82) is 0 Å². The highest BCUT2D eigenvalue weighted by molar-refractivity contribution is 6.05. The van der Waals surface area contributed by atoms with E-state index in [0.29, 0.717) is 0 Å². The Bertz CT molecular complexity index is 786. The van der Waals surface area contributed by atoms with Crippen LogP contribution in [0.25, 0.3) is 0 Å². The van der Waals surface area contributed by atoms with E-state index in [1.807, 2.05) is 7.05 Å². The first-order valence-corrected chi connectivity index (χ1v) is 8.21. The summed E-state index contributed by atoms with van der Waals surface area (Å²) >= 11 is 0. The number of benzene rings is 1. The molecule has 0 aliphatic carbocycles. The summed E-state index contributed by atoms with van der Waals surface area (Å²) < 4.78 is 39.2. The minimum Gasteiger partial charge on any atom is -0.368 e. The van der Waals surface area contributed by atoms with Crippen LogP contribution in [0.4, 0.5) is 24.5 Å². The quantitative estimate of drug-likeness (QED) is 0.909. The van der Waals surface area contributed by atoms with Crippen LogP contribution >= 0.6 is 0 Å². The summed E-state index contributed by atoms with van der Waals surface area (Å²) in [6.45, 7) is 3.41. The third-order valence-electron chi connectivity index (χ3n) is 4.34. The van der Waals surface area contributed by atoms with Crippen LogP contribution in [0.5, 0.6) is 0 Å². The molecule has 26 heavy (non-hydrogen) atoms. The van der Waals surface area contributed by atoms with Gasteiger partial charge in [0, 0.05) is 32.4 Å². The molecule has 0 unspecified atom stereocenters. The van der Waals surface area contributed by atoms with Crippen molar-refractivity contribution in [3.63, 3.8) is 0 Å². The number of carbonyl (C=O) groups excluding carboxylic acids is 1. The van der Waals surface area contributed by atoms with E-state index in [0.717, 1.165) is 37.9 Å². The van der Waals surface area contributed by atoms with Crippen molar-refractivity contribution in [1.82, 2.24) is 9.88 Å². The molecule has 2 heterocycles. The van der Waals surface area contributed by atoms with Gasteiger partial charge >= 0.3 is 6.18 Å². The monoisotopic (exact) mass is 364 g/mol. The maximum atomic E-state index is 13.1. The number of halogens is 3. The van der Waals surface area contributed by atoms with Gasteiger partial charge in [0.15, 0.2) is 0 Å². The van der Waals surface area contributed by atoms with Gasteiger partial charge in [0.05, 0.1) is 28.7 Å². The van der Waals surface area contributed by atoms with Gasteiger partial charge in [-0.15, -0.1) is 0 Å². The summed E-state index contributed by atoms with van der Waals surface area (Å²) in [6, 6.07) is 6.56. The molecular weight excluding hydrogens is 345 g/mol. The number of pyridine rings is 1. The number of alkyl halides is 3. The molecule has 1 aromatic heterocycles. The SMILES string of the molecule is CN1CCN(c2cncc(C(=O)Nc3ccccc3C(F)(F)F)c2)CC1. The molecule has 1 amide bonds. The van der Waals surface area contributed by atoms with E-state index in [1.54, 1.807) is 12.3 Å². The maximum absolute atomic E-state index is 13.1. The Kier molecular flexibility index (Phi) is 5.13. The van der Waals surface area contributed by atoms with E-state index in [-0.39, 0.29) is 11.3 Å². The Morgan fingerprint density at radius 2 is 1.81 bits per heavy atom. The molecule has 0 spiro atoms. The van der Waals surface area contributed by atoms with Crippen LogP contribution in [0.1, 0.15) is 15.9 Å². The molecule has 5 nitrogen and oxygen atoms in total. The van der Waals surface area contributed by atoms with Gasteiger partial charge in [-0.25, -0.2) is 0 Å². The van der Waals surface area contributed by atoms with Gasteiger partial charge in [-0.2, -0.15) is 13.2 Å². The summed E-state index contributed by atoms with van der Waals surface area (Å²) in [4.78, 5) is 20.8. The van der Waals surface area contributed by atoms with Crippen LogP contribution in [0.15, 0.2) is 42.7 Å². The fourth-order valence-corrected chi connectivity index (χ4v) is 2.82. The van der Waals surface area contributed by atoms with Crippen molar-refractivity contribution >= 4 is 17.3 Å². The van der Waals surface area contributed by atoms with E-state index in [1.165, 1.54) is 24.4 Å². The lowest BCUT2D eigenvalue weighted by atomic mass is 10.1. The highest BCUT2D eigenvalue weighted by Gasteiger charge is 2.33. The van der Waals surface area contributed by atoms with Gasteiger partial charge in [-0.3, -0.25) is 9.78 Å². The lowest BCUT2D eigenvalue weighted by molar-refractivity contribution is -0.136. The number of para-hydroxylation sites is 1. The number of likely N-dealkylation sites (N-methyl/N-ethyl adjacent to an activating group) is 1. The second-order valence-corrected chi connectivity index (χ2v) is 6.22. The number of amides is 1. The van der Waals surface area contributed by atoms with Crippen molar-refractivity contribution in [2.45, 2.75) is 6.18 Å². The van der Waals surface area contributed by atoms with Crippen molar-refractivity contribution in [2.75, 3.05) is 43.4 Å². The lowest BCUT2D eigenvalue weighted by Crippen LogP contribution is -2.44. The average molecular weight is 364 g/mol. The topological polar surface area (TPSA) is 48.5 Å². The van der Waals surface area contributed by atoms with Crippen LogP contribution in [0.3, 0.4) is 0 Å². The van der Waals surface area contributed by atoms with E-state index in [9.17, 15) is 18.0 Å². The van der Waals surface area contributed by atoms with Crippen LogP contribution in [-0.4, -0.2) is 49.0 Å². The number of aromatic nitrogens is 1. The molecule has 1 fully saturated rings. The van der Waals surface area contributed by atoms with Gasteiger partial charge < -0.3 is 15.1 Å². The van der Waals surface area contributed by atoms with E-state index in [4.69, 9.17) is 0 Å². The molecule has 8 heteroatoms. The molecule has 1 aromatic carbocycles. The smallest absolute Gasteiger partial charge is 0.368 e. The number of rotatable bonds is 3. The molecular formula is C18H19F3N4O. The molecule has 1 N–H and O–H groups in total. The van der Waals surface area contributed by atoms with Gasteiger partial charge in [0.2, 0.25) is 0 Å². The lowest BCUT2D eigenvalue weighted by Gasteiger charge is -2.33. The number of anilines is 2. The van der Waals surface area contributed by atoms with Crippen LogP contribution in [-0.2, 0) is 6.18 Å². The molecule has 0 radical (unpaired) electrons. The number of nitrogens with zero attached hydrogens (tertiary/aromatic N) is 3. The first kappa shape index (κ1) is 18.2. The van der Waals surface area contributed by atoms with Gasteiger partial charge in [-0.05, 0) is 25.2 Å². The highest BCUT2D eigenvalue weighted by Crippen LogP contribution is 2.34. The predicted octanol–water partition coefficient (Wildman–Crippen LogP) is 3.10. The number of nitrogens with one attached hydrogen (secondary N) is 1. The Morgan fingerprint density at radius 1 is 1.12 bits per heavy atom. The normalized spacial score (nSPS) is 15.8. The minimum absolute atomic E-state index is 0.221. The van der Waals surface area contributed by atoms with Crippen molar-refractivity contribution in [3.05, 3.63) is 53.9 Å². The number of piperazine rings is 1. The van der Waals surface area contributed by atoms with Crippen molar-refractivity contribution in [3.8, 4) is 0 Å². The third kappa shape index (κ3) is 4.13. The zero-order valence-corrected chi connectivity index (χ0v) is 14.3. The number of hydrogen-bond donors (Lipinski definition) is 1. The number of carbonyl (C=O) groups is 1. The molecule has 3 rings (SSSR count). The van der Waals surface area contributed by atoms with Gasteiger partial charge in [0.25, 0.3) is 5.91 Å². The second-order valence-electron chi connectivity index (χ2n) is 6.22. The molecule has 0 bridgehead atoms. The van der Waals surface area contributed by atoms with Crippen LogP contribution < -0.4 is 10.2 Å². The highest BCUT2D eigenvalue weighted by atomic mass is 19.4. The zero-order valence-electron chi connectivity index (χ0n) is 14.3. The summed E-state index contributed by atoms with van der Waals surface area (Å²) in [6.07, 6.45) is -1.53. The molecule has 1 saturated heterocycles. The van der Waals surface area contributed by atoms with E-state index < -0.39 is 17.6 Å².